The van der Waals surface area contributed by atoms with Crippen LogP contribution in [0.5, 0.6) is 11.5 Å². The molecule has 55 heavy (non-hydrogen) atoms. The van der Waals surface area contributed by atoms with E-state index in [1.165, 1.54) is 21.9 Å². The molecule has 0 saturated carbocycles. The first-order chi connectivity index (χ1) is 27.2. The van der Waals surface area contributed by atoms with Gasteiger partial charge in [0.1, 0.15) is 11.5 Å². The van der Waals surface area contributed by atoms with E-state index in [0.29, 0.717) is 17.5 Å². The summed E-state index contributed by atoms with van der Waals surface area (Å²) < 4.78 is 6.64. The van der Waals surface area contributed by atoms with Gasteiger partial charge in [-0.25, -0.2) is 15.0 Å². The van der Waals surface area contributed by atoms with Crippen molar-refractivity contribution >= 4 is 32.3 Å². The van der Waals surface area contributed by atoms with Crippen molar-refractivity contribution in [1.29, 1.82) is 0 Å². The second-order valence-corrected chi connectivity index (χ2v) is 14.0. The molecule has 0 fully saturated rings. The Balaban J connectivity index is 1.07. The molecule has 0 unspecified atom stereocenters. The lowest BCUT2D eigenvalue weighted by atomic mass is 9.90. The molecule has 1 aliphatic heterocycles. The lowest BCUT2D eigenvalue weighted by Gasteiger charge is -2.23. The molecule has 0 atom stereocenters. The third-order valence-electron chi connectivity index (χ3n) is 10.7. The van der Waals surface area contributed by atoms with Crippen LogP contribution in [0, 0.1) is 0 Å². The summed E-state index contributed by atoms with van der Waals surface area (Å²) in [6.45, 7) is 0. The van der Waals surface area contributed by atoms with Crippen molar-refractivity contribution in [2.75, 3.05) is 0 Å². The van der Waals surface area contributed by atoms with Gasteiger partial charge in [-0.3, -0.25) is 0 Å². The van der Waals surface area contributed by atoms with Crippen molar-refractivity contribution in [2.24, 2.45) is 0 Å². The first kappa shape index (κ1) is 31.1. The Morgan fingerprint density at radius 1 is 0.291 bits per heavy atom. The first-order valence-corrected chi connectivity index (χ1v) is 18.5. The highest BCUT2D eigenvalue weighted by atomic mass is 16.5. The maximum absolute atomic E-state index is 6.64. The third-order valence-corrected chi connectivity index (χ3v) is 10.7. The molecule has 11 rings (SSSR count). The lowest BCUT2D eigenvalue weighted by Crippen LogP contribution is -2.02. The molecule has 1 aromatic heterocycles. The number of hydrogen-bond donors (Lipinski definition) is 0. The smallest absolute Gasteiger partial charge is 0.164 e. The molecule has 4 heteroatoms. The van der Waals surface area contributed by atoms with Crippen LogP contribution in [0.25, 0.3) is 99.9 Å². The van der Waals surface area contributed by atoms with E-state index >= 15 is 0 Å². The van der Waals surface area contributed by atoms with Gasteiger partial charge in [-0.15, -0.1) is 0 Å². The van der Waals surface area contributed by atoms with E-state index in [4.69, 9.17) is 19.7 Å². The summed E-state index contributed by atoms with van der Waals surface area (Å²) >= 11 is 0. The van der Waals surface area contributed by atoms with E-state index in [9.17, 15) is 0 Å². The van der Waals surface area contributed by atoms with Gasteiger partial charge in [-0.05, 0) is 97.2 Å². The van der Waals surface area contributed by atoms with Crippen LogP contribution in [0.15, 0.2) is 188 Å². The second kappa shape index (κ2) is 12.6. The van der Waals surface area contributed by atoms with Crippen LogP contribution in [0.4, 0.5) is 0 Å². The van der Waals surface area contributed by atoms with Crippen molar-refractivity contribution in [2.45, 2.75) is 0 Å². The number of benzene rings is 9. The van der Waals surface area contributed by atoms with Crippen molar-refractivity contribution in [3.63, 3.8) is 0 Å². The molecule has 4 nitrogen and oxygen atoms in total. The van der Waals surface area contributed by atoms with Gasteiger partial charge in [0, 0.05) is 27.6 Å². The average molecular weight is 702 g/mol. The van der Waals surface area contributed by atoms with Crippen LogP contribution in [0.2, 0.25) is 0 Å². The van der Waals surface area contributed by atoms with E-state index in [0.717, 1.165) is 72.0 Å². The Morgan fingerprint density at radius 2 is 0.836 bits per heavy atom. The zero-order chi connectivity index (χ0) is 36.3. The molecule has 10 aromatic rings. The zero-order valence-corrected chi connectivity index (χ0v) is 29.6. The SMILES string of the molecule is c1ccc(-c2cccc(-c3ccc4c(c3)-c3cccc5c(-c6nc(-c7ccc8ccccc8c7)nc(-c7ccc8ccccc8c7)n6)ccc(c35)O4)c2)cc1. The Labute approximate surface area is 318 Å². The zero-order valence-electron chi connectivity index (χ0n) is 29.6. The minimum atomic E-state index is 0.613. The van der Waals surface area contributed by atoms with E-state index < -0.39 is 0 Å². The van der Waals surface area contributed by atoms with E-state index in [-0.39, 0.29) is 0 Å². The molecule has 0 amide bonds. The van der Waals surface area contributed by atoms with E-state index in [2.05, 4.69) is 188 Å². The summed E-state index contributed by atoms with van der Waals surface area (Å²) in [7, 11) is 0. The van der Waals surface area contributed by atoms with Crippen molar-refractivity contribution in [1.82, 2.24) is 15.0 Å². The normalized spacial score (nSPS) is 11.8. The Bertz CT molecular complexity index is 3040. The van der Waals surface area contributed by atoms with Gasteiger partial charge < -0.3 is 4.74 Å². The summed E-state index contributed by atoms with van der Waals surface area (Å²) in [4.78, 5) is 15.5. The third kappa shape index (κ3) is 5.43. The fourth-order valence-electron chi connectivity index (χ4n) is 7.93. The van der Waals surface area contributed by atoms with Crippen LogP contribution in [0.1, 0.15) is 0 Å². The van der Waals surface area contributed by atoms with Crippen LogP contribution in [0.3, 0.4) is 0 Å². The topological polar surface area (TPSA) is 47.9 Å². The number of fused-ring (bicyclic) bond motifs is 4. The van der Waals surface area contributed by atoms with Gasteiger partial charge in [0.2, 0.25) is 0 Å². The summed E-state index contributed by atoms with van der Waals surface area (Å²) in [5.41, 5.74) is 9.65. The number of rotatable bonds is 5. The fraction of sp³-hybridized carbons (Fsp3) is 0. The first-order valence-electron chi connectivity index (χ1n) is 18.5. The number of nitrogens with zero attached hydrogens (tertiary/aromatic N) is 3. The quantitative estimate of drug-likeness (QED) is 0.179. The molecule has 0 spiro atoms. The monoisotopic (exact) mass is 701 g/mol. The van der Waals surface area contributed by atoms with E-state index in [1.54, 1.807) is 0 Å². The van der Waals surface area contributed by atoms with Gasteiger partial charge in [0.15, 0.2) is 17.5 Å². The molecular formula is C51H31N3O. The minimum Gasteiger partial charge on any atom is -0.456 e. The van der Waals surface area contributed by atoms with Crippen molar-refractivity contribution in [3.05, 3.63) is 188 Å². The van der Waals surface area contributed by atoms with Crippen molar-refractivity contribution in [3.8, 4) is 79.0 Å². The molecule has 0 aliphatic carbocycles. The lowest BCUT2D eigenvalue weighted by molar-refractivity contribution is 0.487. The highest BCUT2D eigenvalue weighted by Crippen LogP contribution is 2.49. The summed E-state index contributed by atoms with van der Waals surface area (Å²) in [5, 5.41) is 6.69. The molecule has 256 valence electrons. The molecule has 2 heterocycles. The minimum absolute atomic E-state index is 0.613. The second-order valence-electron chi connectivity index (χ2n) is 14.0. The van der Waals surface area contributed by atoms with Crippen LogP contribution in [-0.4, -0.2) is 15.0 Å². The highest BCUT2D eigenvalue weighted by Gasteiger charge is 2.24. The van der Waals surface area contributed by atoms with Gasteiger partial charge in [0.05, 0.1) is 0 Å². The molecule has 1 aliphatic rings. The van der Waals surface area contributed by atoms with Gasteiger partial charge in [-0.2, -0.15) is 0 Å². The Morgan fingerprint density at radius 3 is 1.55 bits per heavy atom. The average Bonchev–Trinajstić information content (AvgIpc) is 3.26. The predicted molar refractivity (Wildman–Crippen MR) is 225 cm³/mol. The van der Waals surface area contributed by atoms with Gasteiger partial charge >= 0.3 is 0 Å². The molecule has 9 aromatic carbocycles. The molecule has 0 N–H and O–H groups in total. The Hall–Kier alpha value is -7.43. The summed E-state index contributed by atoms with van der Waals surface area (Å²) in [6.07, 6.45) is 0. The van der Waals surface area contributed by atoms with E-state index in [1.807, 2.05) is 0 Å². The maximum Gasteiger partial charge on any atom is 0.164 e. The number of aromatic nitrogens is 3. The standard InChI is InChI=1S/C51H31N3O/c1-2-10-32(11-3-1)37-16-8-17-38(28-37)39-24-26-46-45(31-39)43-19-9-18-42-44(25-27-47(55-46)48(42)43)51-53-49(40-22-20-33-12-4-6-14-35(33)29-40)52-50(54-51)41-23-21-34-13-5-7-15-36(34)30-41/h1-31H. The maximum atomic E-state index is 6.64. The predicted octanol–water partition coefficient (Wildman–Crippen LogP) is 13.4. The largest absolute Gasteiger partial charge is 0.456 e. The van der Waals surface area contributed by atoms with Crippen LogP contribution >= 0.6 is 0 Å². The van der Waals surface area contributed by atoms with Gasteiger partial charge in [-0.1, -0.05) is 146 Å². The summed E-state index contributed by atoms with van der Waals surface area (Å²) in [6, 6.07) is 65.8. The molecule has 0 saturated heterocycles. The molecular weight excluding hydrogens is 671 g/mol. The van der Waals surface area contributed by atoms with Crippen LogP contribution in [-0.2, 0) is 0 Å². The molecule has 0 bridgehead atoms. The van der Waals surface area contributed by atoms with Crippen LogP contribution < -0.4 is 4.74 Å². The number of ether oxygens (including phenoxy) is 1. The molecule has 0 radical (unpaired) electrons. The summed E-state index contributed by atoms with van der Waals surface area (Å²) in [5.74, 6) is 3.53. The van der Waals surface area contributed by atoms with Crippen molar-refractivity contribution < 1.29 is 4.74 Å². The van der Waals surface area contributed by atoms with Gasteiger partial charge in [0.25, 0.3) is 0 Å². The fourth-order valence-corrected chi connectivity index (χ4v) is 7.93. The Kier molecular flexibility index (Phi) is 7.14. The highest BCUT2D eigenvalue weighted by molar-refractivity contribution is 6.09. The number of hydrogen-bond acceptors (Lipinski definition) is 4.